The van der Waals surface area contributed by atoms with Gasteiger partial charge in [0.2, 0.25) is 5.91 Å². The molecule has 0 saturated heterocycles. The highest BCUT2D eigenvalue weighted by atomic mass is 32.2. The Morgan fingerprint density at radius 1 is 0.631 bits per heavy atom. The third-order valence-electron chi connectivity index (χ3n) is 11.4. The zero-order valence-corrected chi connectivity index (χ0v) is 42.3. The third kappa shape index (κ3) is 15.7. The number of carbonyl (C=O) groups is 2. The van der Waals surface area contributed by atoms with Crippen LogP contribution < -0.4 is 31.9 Å². The van der Waals surface area contributed by atoms with Gasteiger partial charge in [-0.3, -0.25) is 4.79 Å². The Bertz CT molecular complexity index is 2160. The number of amides is 3. The molecule has 0 heterocycles. The van der Waals surface area contributed by atoms with E-state index in [2.05, 4.69) is 63.5 Å². The van der Waals surface area contributed by atoms with Crippen LogP contribution >= 0.6 is 47.0 Å². The van der Waals surface area contributed by atoms with Crippen molar-refractivity contribution in [2.75, 3.05) is 103 Å². The van der Waals surface area contributed by atoms with E-state index < -0.39 is 12.2 Å². The van der Waals surface area contributed by atoms with E-state index in [1.165, 1.54) is 12.5 Å². The fourth-order valence-electron chi connectivity index (χ4n) is 8.05. The number of anilines is 6. The van der Waals surface area contributed by atoms with Crippen LogP contribution in [0, 0.1) is 25.7 Å². The number of ether oxygens (including phenoxy) is 2. The summed E-state index contributed by atoms with van der Waals surface area (Å²) in [5, 5.41) is 40.8. The molecule has 0 bridgehead atoms. The molecule has 2 atom stereocenters. The van der Waals surface area contributed by atoms with Crippen LogP contribution in [0.5, 0.6) is 0 Å². The molecular weight excluding hydrogens is 897 g/mol. The molecule has 3 amide bonds. The van der Waals surface area contributed by atoms with E-state index in [-0.39, 0.29) is 18.5 Å². The molecule has 8 N–H and O–H groups in total. The van der Waals surface area contributed by atoms with E-state index in [9.17, 15) is 19.8 Å². The van der Waals surface area contributed by atoms with Crippen LogP contribution in [0.15, 0.2) is 80.2 Å². The van der Waals surface area contributed by atoms with Gasteiger partial charge in [-0.25, -0.2) is 4.79 Å². The Hall–Kier alpha value is -3.74. The number of urea groups is 1. The molecule has 1 saturated carbocycles. The standard InChI is InChI=1S/C49H68N6O6S4/c1-30-21-41(62-5)45(47(64-7)43(30)50-4)52-25-40(58)29-61-27-36-11-9-35(10-12-36)26-60-28-39(57)24-51-44-31(2)22-42(63-6)46(48(44)65-8)55-49(59)54-38-19-15-34(16-20-38)23-33-13-17-37(18-14-33)53-32(3)56/h13-22,35-36,39-40,50-52,57-58H,9-12,23-29H2,1-8H3,(H,53,56)(H2,54,55,59). The van der Waals surface area contributed by atoms with Gasteiger partial charge in [-0.05, 0) is 141 Å². The number of thioether (sulfide) groups is 4. The summed E-state index contributed by atoms with van der Waals surface area (Å²) in [6, 6.07) is 19.4. The fraction of sp³-hybridized carbons (Fsp3) is 0.469. The number of hydrogen-bond acceptors (Lipinski definition) is 13. The number of carbonyl (C=O) groups excluding carboxylic acids is 2. The molecule has 1 aliphatic rings. The SMILES string of the molecule is CNc1c(C)cc(SC)c(NCC(O)COCC2CCC(COCC(O)CNc3c(C)cc(SC)c(NC(=O)Nc4ccc(Cc5ccc(NC(C)=O)cc5)cc4)c3SC)CC2)c1SC. The monoisotopic (exact) mass is 964 g/mol. The highest BCUT2D eigenvalue weighted by molar-refractivity contribution is 8.00. The van der Waals surface area contributed by atoms with Crippen LogP contribution in [-0.4, -0.2) is 106 Å². The Morgan fingerprint density at radius 3 is 1.54 bits per heavy atom. The maximum atomic E-state index is 13.4. The Kier molecular flexibility index (Phi) is 21.3. The first kappa shape index (κ1) is 52.2. The van der Waals surface area contributed by atoms with E-state index in [4.69, 9.17) is 9.47 Å². The minimum Gasteiger partial charge on any atom is -0.389 e. The number of nitrogens with one attached hydrogen (secondary N) is 6. The second-order valence-electron chi connectivity index (χ2n) is 16.5. The molecular formula is C49H68N6O6S4. The van der Waals surface area contributed by atoms with Gasteiger partial charge in [-0.15, -0.1) is 47.0 Å². The number of aliphatic hydroxyl groups is 2. The minimum absolute atomic E-state index is 0.101. The normalized spacial score (nSPS) is 15.8. The minimum atomic E-state index is -0.711. The Balaban J connectivity index is 1.02. The summed E-state index contributed by atoms with van der Waals surface area (Å²) >= 11 is 6.50. The summed E-state index contributed by atoms with van der Waals surface area (Å²) in [7, 11) is 1.94. The Labute approximate surface area is 403 Å². The van der Waals surface area contributed by atoms with Gasteiger partial charge in [0.1, 0.15) is 0 Å². The molecule has 1 aliphatic carbocycles. The van der Waals surface area contributed by atoms with Crippen molar-refractivity contribution in [3.8, 4) is 0 Å². The predicted molar refractivity (Wildman–Crippen MR) is 278 cm³/mol. The zero-order valence-electron chi connectivity index (χ0n) is 39.0. The van der Waals surface area contributed by atoms with Crippen LogP contribution in [0.3, 0.4) is 0 Å². The van der Waals surface area contributed by atoms with Crippen molar-refractivity contribution in [1.29, 1.82) is 0 Å². The zero-order chi connectivity index (χ0) is 46.9. The maximum absolute atomic E-state index is 13.4. The average molecular weight is 965 g/mol. The van der Waals surface area contributed by atoms with Gasteiger partial charge in [-0.2, -0.15) is 0 Å². The number of aryl methyl sites for hydroxylation is 2. The van der Waals surface area contributed by atoms with Gasteiger partial charge in [0.15, 0.2) is 0 Å². The van der Waals surface area contributed by atoms with E-state index in [1.807, 2.05) is 75.0 Å². The largest absolute Gasteiger partial charge is 0.389 e. The van der Waals surface area contributed by atoms with Gasteiger partial charge in [0.25, 0.3) is 0 Å². The molecule has 0 radical (unpaired) electrons. The molecule has 2 unspecified atom stereocenters. The van der Waals surface area contributed by atoms with Crippen molar-refractivity contribution in [2.24, 2.45) is 11.8 Å². The summed E-state index contributed by atoms with van der Waals surface area (Å²) in [4.78, 5) is 28.8. The van der Waals surface area contributed by atoms with Gasteiger partial charge in [-0.1, -0.05) is 24.3 Å². The summed E-state index contributed by atoms with van der Waals surface area (Å²) in [6.45, 7) is 8.12. The predicted octanol–water partition coefficient (Wildman–Crippen LogP) is 10.5. The summed E-state index contributed by atoms with van der Waals surface area (Å²) in [5.41, 5.74) is 9.61. The van der Waals surface area contributed by atoms with Gasteiger partial charge >= 0.3 is 6.03 Å². The third-order valence-corrected chi connectivity index (χ3v) is 14.6. The molecule has 0 aromatic heterocycles. The van der Waals surface area contributed by atoms with Crippen molar-refractivity contribution >= 4 is 93.1 Å². The highest BCUT2D eigenvalue weighted by Crippen LogP contribution is 2.43. The molecule has 0 aliphatic heterocycles. The van der Waals surface area contributed by atoms with E-state index in [0.717, 1.165) is 91.1 Å². The summed E-state index contributed by atoms with van der Waals surface area (Å²) < 4.78 is 12.1. The van der Waals surface area contributed by atoms with Crippen LogP contribution in [0.4, 0.5) is 38.9 Å². The molecule has 1 fully saturated rings. The number of rotatable bonds is 24. The lowest BCUT2D eigenvalue weighted by Gasteiger charge is -2.29. The molecule has 16 heteroatoms. The van der Waals surface area contributed by atoms with E-state index >= 15 is 0 Å². The number of benzene rings is 4. The lowest BCUT2D eigenvalue weighted by atomic mass is 9.83. The van der Waals surface area contributed by atoms with Crippen molar-refractivity contribution in [2.45, 2.75) is 84.7 Å². The van der Waals surface area contributed by atoms with Crippen LogP contribution in [0.1, 0.15) is 54.9 Å². The first-order valence-corrected chi connectivity index (χ1v) is 27.0. The number of hydrogen-bond donors (Lipinski definition) is 8. The highest BCUT2D eigenvalue weighted by Gasteiger charge is 2.24. The van der Waals surface area contributed by atoms with Gasteiger partial charge < -0.3 is 51.6 Å². The van der Waals surface area contributed by atoms with Gasteiger partial charge in [0.05, 0.1) is 58.0 Å². The smallest absolute Gasteiger partial charge is 0.323 e. The molecule has 4 aromatic carbocycles. The van der Waals surface area contributed by atoms with E-state index in [1.54, 1.807) is 47.0 Å². The molecule has 354 valence electrons. The van der Waals surface area contributed by atoms with Crippen molar-refractivity contribution in [1.82, 2.24) is 0 Å². The molecule has 5 rings (SSSR count). The molecule has 65 heavy (non-hydrogen) atoms. The van der Waals surface area contributed by atoms with Gasteiger partial charge in [0, 0.05) is 61.4 Å². The van der Waals surface area contributed by atoms with Crippen molar-refractivity contribution < 1.29 is 29.3 Å². The average Bonchev–Trinajstić information content (AvgIpc) is 3.29. The van der Waals surface area contributed by atoms with E-state index in [0.29, 0.717) is 56.1 Å². The van der Waals surface area contributed by atoms with Crippen LogP contribution in [0.25, 0.3) is 0 Å². The van der Waals surface area contributed by atoms with Crippen LogP contribution in [0.2, 0.25) is 0 Å². The second kappa shape index (κ2) is 26.6. The number of aliphatic hydroxyl groups excluding tert-OH is 2. The molecule has 4 aromatic rings. The first-order valence-electron chi connectivity index (χ1n) is 22.1. The first-order chi connectivity index (χ1) is 31.3. The lowest BCUT2D eigenvalue weighted by molar-refractivity contribution is -0.114. The topological polar surface area (TPSA) is 165 Å². The van der Waals surface area contributed by atoms with Crippen molar-refractivity contribution in [3.63, 3.8) is 0 Å². The van der Waals surface area contributed by atoms with Crippen LogP contribution in [-0.2, 0) is 20.7 Å². The lowest BCUT2D eigenvalue weighted by Crippen LogP contribution is -2.29. The summed E-state index contributed by atoms with van der Waals surface area (Å²) in [5.74, 6) is 0.805. The summed E-state index contributed by atoms with van der Waals surface area (Å²) in [6.07, 6.45) is 11.7. The quantitative estimate of drug-likeness (QED) is 0.0313. The molecule has 0 spiro atoms. The Morgan fingerprint density at radius 2 is 1.08 bits per heavy atom. The molecule has 12 nitrogen and oxygen atoms in total. The fourth-order valence-corrected chi connectivity index (χ4v) is 11.2. The van der Waals surface area contributed by atoms with Crippen molar-refractivity contribution in [3.05, 3.63) is 82.9 Å². The second-order valence-corrected chi connectivity index (χ2v) is 19.8. The maximum Gasteiger partial charge on any atom is 0.323 e.